The van der Waals surface area contributed by atoms with E-state index in [1.165, 1.54) is 17.1 Å². The molecule has 0 spiro atoms. The van der Waals surface area contributed by atoms with Crippen LogP contribution < -0.4 is 0 Å². The van der Waals surface area contributed by atoms with Crippen LogP contribution in [0.2, 0.25) is 0 Å². The second-order valence-electron chi connectivity index (χ2n) is 3.01. The lowest BCUT2D eigenvalue weighted by molar-refractivity contribution is 1.17. The van der Waals surface area contributed by atoms with Gasteiger partial charge in [-0.15, -0.1) is 0 Å². The molecule has 0 radical (unpaired) electrons. The molecule has 0 saturated carbocycles. The van der Waals surface area contributed by atoms with Gasteiger partial charge in [-0.05, 0) is 25.4 Å². The topological polar surface area (TPSA) is 25.8 Å². The summed E-state index contributed by atoms with van der Waals surface area (Å²) in [6.45, 7) is 3.99. The quantitative estimate of drug-likeness (QED) is 0.691. The summed E-state index contributed by atoms with van der Waals surface area (Å²) >= 11 is 1.45. The molecule has 1 heterocycles. The number of hydrogen-bond donors (Lipinski definition) is 0. The van der Waals surface area contributed by atoms with E-state index in [0.29, 0.717) is 0 Å². The fraction of sp³-hybridized carbons (Fsp3) is 0.200. The third-order valence-electron chi connectivity index (χ3n) is 1.83. The lowest BCUT2D eigenvalue weighted by Crippen LogP contribution is -1.77. The van der Waals surface area contributed by atoms with Crippen molar-refractivity contribution >= 4 is 11.5 Å². The lowest BCUT2D eigenvalue weighted by Gasteiger charge is -1.95. The highest BCUT2D eigenvalue weighted by Crippen LogP contribution is 2.21. The van der Waals surface area contributed by atoms with E-state index in [4.69, 9.17) is 0 Å². The average Bonchev–Trinajstić information content (AvgIpc) is 2.53. The smallest absolute Gasteiger partial charge is 0.144 e. The molecule has 0 aliphatic carbocycles. The third-order valence-corrected chi connectivity index (χ3v) is 2.68. The van der Waals surface area contributed by atoms with Gasteiger partial charge >= 0.3 is 0 Å². The SMILES string of the molecule is Cc1ccc(-c2nc(C)ns2)cc1. The van der Waals surface area contributed by atoms with E-state index in [2.05, 4.69) is 40.5 Å². The van der Waals surface area contributed by atoms with Gasteiger partial charge in [0.2, 0.25) is 0 Å². The molecule has 0 aliphatic heterocycles. The van der Waals surface area contributed by atoms with E-state index >= 15 is 0 Å². The van der Waals surface area contributed by atoms with Crippen molar-refractivity contribution in [3.63, 3.8) is 0 Å². The van der Waals surface area contributed by atoms with Crippen molar-refractivity contribution in [3.8, 4) is 10.6 Å². The number of hydrogen-bond acceptors (Lipinski definition) is 3. The fourth-order valence-electron chi connectivity index (χ4n) is 1.11. The molecule has 2 rings (SSSR count). The van der Waals surface area contributed by atoms with E-state index in [0.717, 1.165) is 16.4 Å². The molecule has 0 unspecified atom stereocenters. The van der Waals surface area contributed by atoms with Crippen molar-refractivity contribution in [2.45, 2.75) is 13.8 Å². The highest BCUT2D eigenvalue weighted by molar-refractivity contribution is 7.09. The van der Waals surface area contributed by atoms with Gasteiger partial charge in [-0.25, -0.2) is 4.98 Å². The standard InChI is InChI=1S/C10H10N2S/c1-7-3-5-9(6-4-7)10-11-8(2)12-13-10/h3-6H,1-2H3. The predicted octanol–water partition coefficient (Wildman–Crippen LogP) is 2.82. The molecule has 0 atom stereocenters. The summed E-state index contributed by atoms with van der Waals surface area (Å²) in [5.74, 6) is 0.848. The van der Waals surface area contributed by atoms with Crippen LogP contribution in [0.4, 0.5) is 0 Å². The van der Waals surface area contributed by atoms with Crippen molar-refractivity contribution in [2.24, 2.45) is 0 Å². The van der Waals surface area contributed by atoms with E-state index in [-0.39, 0.29) is 0 Å². The minimum atomic E-state index is 0.848. The van der Waals surface area contributed by atoms with Gasteiger partial charge in [0.05, 0.1) is 0 Å². The number of aryl methyl sites for hydroxylation is 2. The zero-order valence-electron chi connectivity index (χ0n) is 7.61. The van der Waals surface area contributed by atoms with Crippen LogP contribution in [0.3, 0.4) is 0 Å². The van der Waals surface area contributed by atoms with Crippen LogP contribution in [0.5, 0.6) is 0 Å². The normalized spacial score (nSPS) is 10.3. The highest BCUT2D eigenvalue weighted by atomic mass is 32.1. The van der Waals surface area contributed by atoms with Crippen molar-refractivity contribution < 1.29 is 0 Å². The molecule has 2 aromatic rings. The first-order valence-electron chi connectivity index (χ1n) is 4.13. The molecule has 0 amide bonds. The zero-order chi connectivity index (χ0) is 9.26. The summed E-state index contributed by atoms with van der Waals surface area (Å²) < 4.78 is 4.15. The fourth-order valence-corrected chi connectivity index (χ4v) is 1.78. The van der Waals surface area contributed by atoms with Gasteiger partial charge in [0.1, 0.15) is 10.8 Å². The maximum atomic E-state index is 4.32. The third kappa shape index (κ3) is 1.75. The van der Waals surface area contributed by atoms with Crippen LogP contribution in [0.25, 0.3) is 10.6 Å². The largest absolute Gasteiger partial charge is 0.220 e. The Morgan fingerprint density at radius 1 is 1.08 bits per heavy atom. The molecule has 2 nitrogen and oxygen atoms in total. The molecule has 66 valence electrons. The van der Waals surface area contributed by atoms with Crippen molar-refractivity contribution in [1.82, 2.24) is 9.36 Å². The van der Waals surface area contributed by atoms with Gasteiger partial charge in [0.15, 0.2) is 0 Å². The van der Waals surface area contributed by atoms with Gasteiger partial charge in [-0.2, -0.15) is 4.37 Å². The number of rotatable bonds is 1. The molecule has 13 heavy (non-hydrogen) atoms. The van der Waals surface area contributed by atoms with Crippen molar-refractivity contribution in [3.05, 3.63) is 35.7 Å². The summed E-state index contributed by atoms with van der Waals surface area (Å²) in [6, 6.07) is 8.34. The van der Waals surface area contributed by atoms with Crippen LogP contribution >= 0.6 is 11.5 Å². The Hall–Kier alpha value is -1.22. The molecule has 3 heteroatoms. The average molecular weight is 190 g/mol. The molecule has 0 fully saturated rings. The molecule has 1 aromatic carbocycles. The Morgan fingerprint density at radius 3 is 2.31 bits per heavy atom. The number of nitrogens with zero attached hydrogens (tertiary/aromatic N) is 2. The van der Waals surface area contributed by atoms with Gasteiger partial charge in [0.25, 0.3) is 0 Å². The summed E-state index contributed by atoms with van der Waals surface area (Å²) in [4.78, 5) is 4.32. The van der Waals surface area contributed by atoms with Crippen LogP contribution in [0.1, 0.15) is 11.4 Å². The van der Waals surface area contributed by atoms with E-state index in [1.807, 2.05) is 6.92 Å². The molecule has 0 aliphatic rings. The Bertz CT molecular complexity index is 403. The van der Waals surface area contributed by atoms with Crippen LogP contribution in [-0.2, 0) is 0 Å². The molecular formula is C10H10N2S. The Kier molecular flexibility index (Phi) is 2.10. The molecule has 0 N–H and O–H groups in total. The minimum Gasteiger partial charge on any atom is -0.220 e. The maximum Gasteiger partial charge on any atom is 0.144 e. The summed E-state index contributed by atoms with van der Waals surface area (Å²) in [5.41, 5.74) is 2.42. The Balaban J connectivity index is 2.41. The van der Waals surface area contributed by atoms with Crippen LogP contribution in [0, 0.1) is 13.8 Å². The first-order valence-corrected chi connectivity index (χ1v) is 4.90. The van der Waals surface area contributed by atoms with Gasteiger partial charge in [-0.3, -0.25) is 0 Å². The first kappa shape index (κ1) is 8.38. The lowest BCUT2D eigenvalue weighted by atomic mass is 10.2. The van der Waals surface area contributed by atoms with Gasteiger partial charge in [0, 0.05) is 5.56 Å². The van der Waals surface area contributed by atoms with Gasteiger partial charge in [-0.1, -0.05) is 29.8 Å². The van der Waals surface area contributed by atoms with E-state index in [1.54, 1.807) is 0 Å². The Morgan fingerprint density at radius 2 is 1.77 bits per heavy atom. The van der Waals surface area contributed by atoms with E-state index in [9.17, 15) is 0 Å². The van der Waals surface area contributed by atoms with Gasteiger partial charge < -0.3 is 0 Å². The zero-order valence-corrected chi connectivity index (χ0v) is 8.43. The van der Waals surface area contributed by atoms with Crippen molar-refractivity contribution in [1.29, 1.82) is 0 Å². The summed E-state index contributed by atoms with van der Waals surface area (Å²) in [7, 11) is 0. The number of aromatic nitrogens is 2. The molecular weight excluding hydrogens is 180 g/mol. The maximum absolute atomic E-state index is 4.32. The van der Waals surface area contributed by atoms with Crippen molar-refractivity contribution in [2.75, 3.05) is 0 Å². The molecule has 0 saturated heterocycles. The second-order valence-corrected chi connectivity index (χ2v) is 3.76. The minimum absolute atomic E-state index is 0.848. The summed E-state index contributed by atoms with van der Waals surface area (Å²) in [6.07, 6.45) is 0. The van der Waals surface area contributed by atoms with Crippen LogP contribution in [-0.4, -0.2) is 9.36 Å². The summed E-state index contributed by atoms with van der Waals surface area (Å²) in [5, 5.41) is 0.998. The molecule has 0 bridgehead atoms. The van der Waals surface area contributed by atoms with E-state index < -0.39 is 0 Å². The first-order chi connectivity index (χ1) is 6.25. The number of benzene rings is 1. The highest BCUT2D eigenvalue weighted by Gasteiger charge is 2.02. The predicted molar refractivity (Wildman–Crippen MR) is 54.8 cm³/mol. The second kappa shape index (κ2) is 3.26. The monoisotopic (exact) mass is 190 g/mol. The molecule has 1 aromatic heterocycles. The Labute approximate surface area is 81.4 Å². The van der Waals surface area contributed by atoms with Crippen LogP contribution in [0.15, 0.2) is 24.3 Å².